The second-order valence-corrected chi connectivity index (χ2v) is 5.84. The minimum atomic E-state index is -0.441. The number of aliphatic hydroxyl groups excluding tert-OH is 1. The molecule has 1 aromatic rings. The van der Waals surface area contributed by atoms with Crippen LogP contribution in [0.2, 0.25) is 0 Å². The van der Waals surface area contributed by atoms with Gasteiger partial charge in [0.25, 0.3) is 0 Å². The van der Waals surface area contributed by atoms with Crippen molar-refractivity contribution in [2.45, 2.75) is 50.7 Å². The number of ether oxygens (including phenoxy) is 3. The third-order valence-corrected chi connectivity index (χ3v) is 4.18. The van der Waals surface area contributed by atoms with E-state index in [2.05, 4.69) is 0 Å². The summed E-state index contributed by atoms with van der Waals surface area (Å²) >= 11 is 0. The van der Waals surface area contributed by atoms with Gasteiger partial charge in [0.2, 0.25) is 0 Å². The number of rotatable bonds is 5. The minimum Gasteiger partial charge on any atom is -0.490 e. The molecule has 1 aromatic carbocycles. The van der Waals surface area contributed by atoms with Crippen molar-refractivity contribution in [2.24, 2.45) is 0 Å². The van der Waals surface area contributed by atoms with Crippen molar-refractivity contribution in [3.8, 4) is 11.5 Å². The Bertz CT molecular complexity index is 454. The predicted octanol–water partition coefficient (Wildman–Crippen LogP) is 3.23. The van der Waals surface area contributed by atoms with Crippen LogP contribution < -0.4 is 9.47 Å². The van der Waals surface area contributed by atoms with Gasteiger partial charge in [-0.1, -0.05) is 6.07 Å². The lowest BCUT2D eigenvalue weighted by molar-refractivity contribution is 0.0944. The van der Waals surface area contributed by atoms with Crippen LogP contribution >= 0.6 is 0 Å². The van der Waals surface area contributed by atoms with Crippen molar-refractivity contribution in [1.29, 1.82) is 0 Å². The van der Waals surface area contributed by atoms with E-state index in [0.29, 0.717) is 19.3 Å². The van der Waals surface area contributed by atoms with Crippen LogP contribution in [0.3, 0.4) is 0 Å². The summed E-state index contributed by atoms with van der Waals surface area (Å²) < 4.78 is 16.9. The largest absolute Gasteiger partial charge is 0.490 e. The first-order valence-electron chi connectivity index (χ1n) is 8.02. The standard InChI is InChI=1S/C17H24O4/c18-15(6-1-4-14-5-2-9-19-14)13-7-8-16-17(12-13)21-11-3-10-20-16/h7-8,12,14-15,18H,1-6,9-11H2. The van der Waals surface area contributed by atoms with E-state index < -0.39 is 6.10 Å². The molecule has 116 valence electrons. The van der Waals surface area contributed by atoms with Crippen LogP contribution in [0.4, 0.5) is 0 Å². The van der Waals surface area contributed by atoms with Gasteiger partial charge in [0.05, 0.1) is 25.4 Å². The first-order valence-corrected chi connectivity index (χ1v) is 8.02. The molecule has 0 radical (unpaired) electrons. The average molecular weight is 292 g/mol. The molecule has 1 saturated heterocycles. The Morgan fingerprint density at radius 2 is 1.95 bits per heavy atom. The molecule has 1 fully saturated rings. The summed E-state index contributed by atoms with van der Waals surface area (Å²) in [7, 11) is 0. The van der Waals surface area contributed by atoms with Crippen LogP contribution in [-0.2, 0) is 4.74 Å². The molecule has 21 heavy (non-hydrogen) atoms. The van der Waals surface area contributed by atoms with Crippen molar-refractivity contribution in [2.75, 3.05) is 19.8 Å². The lowest BCUT2D eigenvalue weighted by Gasteiger charge is -2.15. The van der Waals surface area contributed by atoms with E-state index in [1.165, 1.54) is 12.8 Å². The predicted molar refractivity (Wildman–Crippen MR) is 79.8 cm³/mol. The topological polar surface area (TPSA) is 47.9 Å². The monoisotopic (exact) mass is 292 g/mol. The number of benzene rings is 1. The fraction of sp³-hybridized carbons (Fsp3) is 0.647. The van der Waals surface area contributed by atoms with E-state index in [9.17, 15) is 5.11 Å². The van der Waals surface area contributed by atoms with Crippen LogP contribution in [0, 0.1) is 0 Å². The maximum absolute atomic E-state index is 10.3. The van der Waals surface area contributed by atoms with E-state index in [1.54, 1.807) is 0 Å². The second-order valence-electron chi connectivity index (χ2n) is 5.84. The normalized spacial score (nSPS) is 22.8. The summed E-state index contributed by atoms with van der Waals surface area (Å²) in [5.74, 6) is 1.53. The highest BCUT2D eigenvalue weighted by Crippen LogP contribution is 2.33. The highest BCUT2D eigenvalue weighted by Gasteiger charge is 2.17. The molecule has 4 heteroatoms. The van der Waals surface area contributed by atoms with Gasteiger partial charge < -0.3 is 19.3 Å². The van der Waals surface area contributed by atoms with Gasteiger partial charge in [-0.3, -0.25) is 0 Å². The summed E-state index contributed by atoms with van der Waals surface area (Å²) in [4.78, 5) is 0. The van der Waals surface area contributed by atoms with Gasteiger partial charge in [-0.15, -0.1) is 0 Å². The molecule has 0 aromatic heterocycles. The van der Waals surface area contributed by atoms with Gasteiger partial charge in [-0.2, -0.15) is 0 Å². The Labute approximate surface area is 126 Å². The molecule has 0 spiro atoms. The van der Waals surface area contributed by atoms with Crippen molar-refractivity contribution in [1.82, 2.24) is 0 Å². The summed E-state index contributed by atoms with van der Waals surface area (Å²) in [6, 6.07) is 5.75. The number of hydrogen-bond donors (Lipinski definition) is 1. The molecule has 2 aliphatic rings. The molecule has 4 nitrogen and oxygen atoms in total. The van der Waals surface area contributed by atoms with Crippen LogP contribution in [-0.4, -0.2) is 31.0 Å². The van der Waals surface area contributed by atoms with E-state index in [4.69, 9.17) is 14.2 Å². The maximum Gasteiger partial charge on any atom is 0.161 e. The van der Waals surface area contributed by atoms with E-state index in [0.717, 1.165) is 49.4 Å². The zero-order valence-electron chi connectivity index (χ0n) is 12.4. The Kier molecular flexibility index (Phi) is 4.99. The minimum absolute atomic E-state index is 0.404. The molecule has 2 heterocycles. The number of fused-ring (bicyclic) bond motifs is 1. The average Bonchev–Trinajstić information content (AvgIpc) is 2.90. The Morgan fingerprint density at radius 3 is 2.76 bits per heavy atom. The summed E-state index contributed by atoms with van der Waals surface area (Å²) in [5, 5.41) is 10.3. The van der Waals surface area contributed by atoms with Crippen LogP contribution in [0.25, 0.3) is 0 Å². The highest BCUT2D eigenvalue weighted by molar-refractivity contribution is 5.44. The Balaban J connectivity index is 1.54. The molecule has 0 aliphatic carbocycles. The van der Waals surface area contributed by atoms with Crippen molar-refractivity contribution in [3.63, 3.8) is 0 Å². The quantitative estimate of drug-likeness (QED) is 0.905. The number of aliphatic hydroxyl groups is 1. The molecular weight excluding hydrogens is 268 g/mol. The lowest BCUT2D eigenvalue weighted by atomic mass is 10.0. The van der Waals surface area contributed by atoms with Gasteiger partial charge in [0.1, 0.15) is 0 Å². The zero-order chi connectivity index (χ0) is 14.5. The van der Waals surface area contributed by atoms with Gasteiger partial charge in [-0.25, -0.2) is 0 Å². The maximum atomic E-state index is 10.3. The lowest BCUT2D eigenvalue weighted by Crippen LogP contribution is -2.06. The smallest absolute Gasteiger partial charge is 0.161 e. The molecular formula is C17H24O4. The molecule has 2 atom stereocenters. The molecule has 0 saturated carbocycles. The third kappa shape index (κ3) is 3.89. The van der Waals surface area contributed by atoms with E-state index in [-0.39, 0.29) is 0 Å². The summed E-state index contributed by atoms with van der Waals surface area (Å²) in [6.45, 7) is 2.26. The van der Waals surface area contributed by atoms with E-state index in [1.807, 2.05) is 18.2 Å². The molecule has 3 rings (SSSR count). The molecule has 1 N–H and O–H groups in total. The van der Waals surface area contributed by atoms with E-state index >= 15 is 0 Å². The second kappa shape index (κ2) is 7.14. The molecule has 0 bridgehead atoms. The van der Waals surface area contributed by atoms with Crippen LogP contribution in [0.1, 0.15) is 50.2 Å². The number of hydrogen-bond acceptors (Lipinski definition) is 4. The van der Waals surface area contributed by atoms with Gasteiger partial charge in [-0.05, 0) is 49.8 Å². The van der Waals surface area contributed by atoms with Crippen LogP contribution in [0.5, 0.6) is 11.5 Å². The van der Waals surface area contributed by atoms with Crippen molar-refractivity contribution < 1.29 is 19.3 Å². The SMILES string of the molecule is OC(CCCC1CCCO1)c1ccc2c(c1)OCCCO2. The van der Waals surface area contributed by atoms with Crippen molar-refractivity contribution in [3.05, 3.63) is 23.8 Å². The van der Waals surface area contributed by atoms with Crippen LogP contribution in [0.15, 0.2) is 18.2 Å². The molecule has 2 unspecified atom stereocenters. The highest BCUT2D eigenvalue weighted by atomic mass is 16.5. The molecule has 0 amide bonds. The Hall–Kier alpha value is -1.26. The van der Waals surface area contributed by atoms with Gasteiger partial charge in [0.15, 0.2) is 11.5 Å². The molecule has 2 aliphatic heterocycles. The van der Waals surface area contributed by atoms with Crippen molar-refractivity contribution >= 4 is 0 Å². The fourth-order valence-corrected chi connectivity index (χ4v) is 2.96. The third-order valence-electron chi connectivity index (χ3n) is 4.18. The first kappa shape index (κ1) is 14.7. The first-order chi connectivity index (χ1) is 10.3. The zero-order valence-corrected chi connectivity index (χ0v) is 12.4. The van der Waals surface area contributed by atoms with Gasteiger partial charge >= 0.3 is 0 Å². The summed E-state index contributed by atoms with van der Waals surface area (Å²) in [6.07, 6.45) is 6.00. The Morgan fingerprint density at radius 1 is 1.10 bits per heavy atom. The van der Waals surface area contributed by atoms with Gasteiger partial charge in [0, 0.05) is 13.0 Å². The fourth-order valence-electron chi connectivity index (χ4n) is 2.96. The summed E-state index contributed by atoms with van der Waals surface area (Å²) in [5.41, 5.74) is 0.909.